The quantitative estimate of drug-likeness (QED) is 0.600. The predicted molar refractivity (Wildman–Crippen MR) is 108 cm³/mol. The largest absolute Gasteiger partial charge is 0.354 e. The van der Waals surface area contributed by atoms with Gasteiger partial charge in [0.05, 0.1) is 36.1 Å². The molecule has 4 atom stereocenters. The highest BCUT2D eigenvalue weighted by atomic mass is 15.2. The van der Waals surface area contributed by atoms with Gasteiger partial charge >= 0.3 is 0 Å². The number of rotatable bonds is 1. The lowest BCUT2D eigenvalue weighted by molar-refractivity contribution is 0.511. The molecule has 3 heteroatoms. The number of anilines is 1. The molecule has 3 aromatic rings. The number of fused-ring (bicyclic) bond motifs is 5. The zero-order valence-corrected chi connectivity index (χ0v) is 15.4. The van der Waals surface area contributed by atoms with Gasteiger partial charge in [-0.15, -0.1) is 0 Å². The van der Waals surface area contributed by atoms with Crippen LogP contribution in [0.4, 0.5) is 5.69 Å². The predicted octanol–water partition coefficient (Wildman–Crippen LogP) is 5.17. The molecule has 134 valence electrons. The van der Waals surface area contributed by atoms with E-state index in [1.807, 2.05) is 24.3 Å². The first-order valence-electron chi connectivity index (χ1n) is 9.61. The SMILES string of the molecule is N#C[C@@H]1[C@H](C#N)[C@@H](c2ccccc2)N2c3ccccc3Cc3ccccc3[C@@H]12. The Morgan fingerprint density at radius 1 is 0.679 bits per heavy atom. The van der Waals surface area contributed by atoms with Crippen molar-refractivity contribution in [3.63, 3.8) is 0 Å². The van der Waals surface area contributed by atoms with Crippen molar-refractivity contribution in [1.82, 2.24) is 0 Å². The molecule has 2 aliphatic heterocycles. The normalized spacial score (nSPS) is 24.9. The molecular weight excluding hydrogens is 342 g/mol. The summed E-state index contributed by atoms with van der Waals surface area (Å²) in [6.07, 6.45) is 0.843. The third-order valence-corrected chi connectivity index (χ3v) is 6.13. The average molecular weight is 361 g/mol. The minimum atomic E-state index is -0.392. The Morgan fingerprint density at radius 3 is 2.04 bits per heavy atom. The van der Waals surface area contributed by atoms with E-state index in [1.165, 1.54) is 16.7 Å². The van der Waals surface area contributed by atoms with Gasteiger partial charge in [0.2, 0.25) is 0 Å². The van der Waals surface area contributed by atoms with Crippen LogP contribution in [0.15, 0.2) is 78.9 Å². The molecule has 0 aliphatic carbocycles. The van der Waals surface area contributed by atoms with E-state index in [4.69, 9.17) is 0 Å². The summed E-state index contributed by atoms with van der Waals surface area (Å²) >= 11 is 0. The molecule has 2 aliphatic rings. The van der Waals surface area contributed by atoms with Crippen LogP contribution in [-0.4, -0.2) is 0 Å². The maximum Gasteiger partial charge on any atom is 0.0890 e. The number of para-hydroxylation sites is 1. The van der Waals surface area contributed by atoms with Crippen molar-refractivity contribution in [3.05, 3.63) is 101 Å². The van der Waals surface area contributed by atoms with E-state index in [-0.39, 0.29) is 18.0 Å². The highest BCUT2D eigenvalue weighted by Gasteiger charge is 2.52. The molecule has 0 saturated carbocycles. The minimum Gasteiger partial charge on any atom is -0.354 e. The topological polar surface area (TPSA) is 50.8 Å². The molecule has 3 aromatic carbocycles. The molecule has 0 spiro atoms. The molecular formula is C25H19N3. The van der Waals surface area contributed by atoms with Crippen LogP contribution < -0.4 is 4.90 Å². The summed E-state index contributed by atoms with van der Waals surface area (Å²) in [6.45, 7) is 0. The summed E-state index contributed by atoms with van der Waals surface area (Å²) in [6, 6.07) is 31.7. The molecule has 0 amide bonds. The Hall–Kier alpha value is -3.56. The number of hydrogen-bond donors (Lipinski definition) is 0. The fourth-order valence-electron chi connectivity index (χ4n) is 4.98. The lowest BCUT2D eigenvalue weighted by Gasteiger charge is -2.33. The molecule has 28 heavy (non-hydrogen) atoms. The van der Waals surface area contributed by atoms with Gasteiger partial charge in [-0.05, 0) is 34.7 Å². The van der Waals surface area contributed by atoms with Crippen molar-refractivity contribution < 1.29 is 0 Å². The summed E-state index contributed by atoms with van der Waals surface area (Å²) in [7, 11) is 0. The Labute approximate surface area is 165 Å². The van der Waals surface area contributed by atoms with Crippen LogP contribution in [0.3, 0.4) is 0 Å². The van der Waals surface area contributed by atoms with Gasteiger partial charge in [-0.3, -0.25) is 0 Å². The van der Waals surface area contributed by atoms with E-state index in [0.29, 0.717) is 0 Å². The number of benzene rings is 3. The number of hydrogen-bond acceptors (Lipinski definition) is 3. The van der Waals surface area contributed by atoms with Crippen molar-refractivity contribution >= 4 is 5.69 Å². The van der Waals surface area contributed by atoms with E-state index in [9.17, 15) is 10.5 Å². The highest BCUT2D eigenvalue weighted by molar-refractivity contribution is 5.64. The lowest BCUT2D eigenvalue weighted by Crippen LogP contribution is -2.28. The van der Waals surface area contributed by atoms with Crippen LogP contribution in [-0.2, 0) is 6.42 Å². The molecule has 5 rings (SSSR count). The molecule has 1 saturated heterocycles. The zero-order chi connectivity index (χ0) is 19.1. The second-order valence-electron chi connectivity index (χ2n) is 7.52. The van der Waals surface area contributed by atoms with Gasteiger partial charge in [-0.1, -0.05) is 72.8 Å². The monoisotopic (exact) mass is 361 g/mol. The van der Waals surface area contributed by atoms with Crippen molar-refractivity contribution in [3.8, 4) is 12.1 Å². The first-order chi connectivity index (χ1) is 13.8. The maximum atomic E-state index is 10.1. The Balaban J connectivity index is 1.82. The molecule has 3 nitrogen and oxygen atoms in total. The third kappa shape index (κ3) is 2.34. The Bertz CT molecular complexity index is 1110. The van der Waals surface area contributed by atoms with Crippen LogP contribution >= 0.6 is 0 Å². The van der Waals surface area contributed by atoms with Crippen molar-refractivity contribution in [2.75, 3.05) is 4.90 Å². The van der Waals surface area contributed by atoms with Gasteiger partial charge in [0.25, 0.3) is 0 Å². The minimum absolute atomic E-state index is 0.125. The van der Waals surface area contributed by atoms with Gasteiger partial charge in [0.15, 0.2) is 0 Å². The van der Waals surface area contributed by atoms with E-state index in [1.54, 1.807) is 0 Å². The van der Waals surface area contributed by atoms with Crippen molar-refractivity contribution in [2.24, 2.45) is 11.8 Å². The van der Waals surface area contributed by atoms with Gasteiger partial charge in [-0.2, -0.15) is 10.5 Å². The maximum absolute atomic E-state index is 10.1. The van der Waals surface area contributed by atoms with Crippen molar-refractivity contribution in [1.29, 1.82) is 10.5 Å². The van der Waals surface area contributed by atoms with Crippen molar-refractivity contribution in [2.45, 2.75) is 18.5 Å². The lowest BCUT2D eigenvalue weighted by atomic mass is 9.83. The fourth-order valence-corrected chi connectivity index (χ4v) is 4.98. The van der Waals surface area contributed by atoms with Crippen LogP contribution in [0, 0.1) is 34.5 Å². The summed E-state index contributed by atoms with van der Waals surface area (Å²) in [5.41, 5.74) is 5.88. The molecule has 0 unspecified atom stereocenters. The fraction of sp³-hybridized carbons (Fsp3) is 0.200. The zero-order valence-electron chi connectivity index (χ0n) is 15.4. The number of nitriles is 2. The van der Waals surface area contributed by atoms with Gasteiger partial charge in [0.1, 0.15) is 0 Å². The Kier molecular flexibility index (Phi) is 3.89. The first kappa shape index (κ1) is 16.6. The Morgan fingerprint density at radius 2 is 1.29 bits per heavy atom. The van der Waals surface area contributed by atoms with E-state index >= 15 is 0 Å². The molecule has 0 N–H and O–H groups in total. The molecule has 1 fully saturated rings. The molecule has 0 aromatic heterocycles. The summed E-state index contributed by atoms with van der Waals surface area (Å²) in [4.78, 5) is 2.35. The average Bonchev–Trinajstić information content (AvgIpc) is 3.01. The van der Waals surface area contributed by atoms with Crippen LogP contribution in [0.25, 0.3) is 0 Å². The van der Waals surface area contributed by atoms with E-state index in [2.05, 4.69) is 71.6 Å². The van der Waals surface area contributed by atoms with Gasteiger partial charge in [0, 0.05) is 5.69 Å². The smallest absolute Gasteiger partial charge is 0.0890 e. The second kappa shape index (κ2) is 6.55. The van der Waals surface area contributed by atoms with Crippen LogP contribution in [0.1, 0.15) is 34.3 Å². The molecule has 0 radical (unpaired) electrons. The van der Waals surface area contributed by atoms with Crippen LogP contribution in [0.5, 0.6) is 0 Å². The second-order valence-corrected chi connectivity index (χ2v) is 7.52. The van der Waals surface area contributed by atoms with E-state index in [0.717, 1.165) is 17.7 Å². The van der Waals surface area contributed by atoms with Gasteiger partial charge in [-0.25, -0.2) is 0 Å². The summed E-state index contributed by atoms with van der Waals surface area (Å²) in [5, 5.41) is 20.2. The standard InChI is InChI=1S/C25H19N3/c26-15-21-22(16-27)25-20-12-6-4-10-18(20)14-19-11-5-7-13-23(19)28(25)24(21)17-8-2-1-3-9-17/h1-13,21-22,24-25H,14H2/t21-,22+,24+,25-/m0/s1. The molecule has 0 bridgehead atoms. The third-order valence-electron chi connectivity index (χ3n) is 6.13. The van der Waals surface area contributed by atoms with Crippen LogP contribution in [0.2, 0.25) is 0 Å². The molecule has 2 heterocycles. The van der Waals surface area contributed by atoms with Gasteiger partial charge < -0.3 is 4.90 Å². The number of nitrogens with zero attached hydrogens (tertiary/aromatic N) is 3. The first-order valence-corrected chi connectivity index (χ1v) is 9.61. The highest BCUT2D eigenvalue weighted by Crippen LogP contribution is 2.55. The summed E-state index contributed by atoms with van der Waals surface area (Å²) in [5.74, 6) is -0.779. The summed E-state index contributed by atoms with van der Waals surface area (Å²) < 4.78 is 0. The van der Waals surface area contributed by atoms with E-state index < -0.39 is 5.92 Å².